The van der Waals surface area contributed by atoms with E-state index < -0.39 is 0 Å². The van der Waals surface area contributed by atoms with Crippen molar-refractivity contribution in [2.75, 3.05) is 26.2 Å². The van der Waals surface area contributed by atoms with Crippen LogP contribution >= 0.6 is 0 Å². The van der Waals surface area contributed by atoms with Gasteiger partial charge in [-0.05, 0) is 38.3 Å². The molecule has 3 aliphatic heterocycles. The minimum Gasteiger partial charge on any atom is -0.312 e. The molecule has 2 nitrogen and oxygen atoms in total. The third-order valence-corrected chi connectivity index (χ3v) is 3.44. The summed E-state index contributed by atoms with van der Waals surface area (Å²) in [7, 11) is 0. The first-order valence-electron chi connectivity index (χ1n) is 5.46. The topological polar surface area (TPSA) is 15.3 Å². The second kappa shape index (κ2) is 4.25. The van der Waals surface area contributed by atoms with Crippen LogP contribution in [-0.4, -0.2) is 37.1 Å². The third-order valence-electron chi connectivity index (χ3n) is 3.44. The molecule has 74 valence electrons. The Morgan fingerprint density at radius 2 is 2.15 bits per heavy atom. The van der Waals surface area contributed by atoms with E-state index in [1.807, 2.05) is 6.08 Å². The van der Waals surface area contributed by atoms with E-state index in [9.17, 15) is 0 Å². The van der Waals surface area contributed by atoms with Crippen molar-refractivity contribution in [3.8, 4) is 0 Å². The lowest BCUT2D eigenvalue weighted by molar-refractivity contribution is 0.0502. The van der Waals surface area contributed by atoms with Crippen LogP contribution in [0.15, 0.2) is 12.7 Å². The Morgan fingerprint density at radius 1 is 1.38 bits per heavy atom. The number of nitrogens with zero attached hydrogens (tertiary/aromatic N) is 1. The van der Waals surface area contributed by atoms with E-state index in [1.54, 1.807) is 0 Å². The lowest BCUT2D eigenvalue weighted by Crippen LogP contribution is -2.52. The van der Waals surface area contributed by atoms with E-state index in [0.717, 1.165) is 25.0 Å². The number of hydrogen-bond acceptors (Lipinski definition) is 2. The van der Waals surface area contributed by atoms with Crippen molar-refractivity contribution in [1.29, 1.82) is 0 Å². The Labute approximate surface area is 81.0 Å². The van der Waals surface area contributed by atoms with Crippen LogP contribution in [0.4, 0.5) is 0 Å². The van der Waals surface area contributed by atoms with E-state index in [4.69, 9.17) is 0 Å². The molecule has 1 atom stereocenters. The van der Waals surface area contributed by atoms with Gasteiger partial charge in [0.2, 0.25) is 0 Å². The first-order valence-corrected chi connectivity index (χ1v) is 5.46. The average molecular weight is 180 g/mol. The maximum Gasteiger partial charge on any atom is 0.0223 e. The van der Waals surface area contributed by atoms with Gasteiger partial charge >= 0.3 is 0 Å². The standard InChI is InChI=1S/C11H20N2/c1-2-5-12-9-11-8-10-3-6-13(11)7-4-10/h2,10-12H,1,3-9H2. The van der Waals surface area contributed by atoms with Crippen LogP contribution in [0.25, 0.3) is 0 Å². The largest absolute Gasteiger partial charge is 0.312 e. The fraction of sp³-hybridized carbons (Fsp3) is 0.818. The number of fused-ring (bicyclic) bond motifs is 3. The summed E-state index contributed by atoms with van der Waals surface area (Å²) in [6.07, 6.45) is 6.25. The van der Waals surface area contributed by atoms with Gasteiger partial charge in [0, 0.05) is 19.1 Å². The number of nitrogens with one attached hydrogen (secondary N) is 1. The summed E-state index contributed by atoms with van der Waals surface area (Å²) in [5.74, 6) is 1.03. The Morgan fingerprint density at radius 3 is 2.69 bits per heavy atom. The first-order chi connectivity index (χ1) is 6.40. The molecular formula is C11H20N2. The van der Waals surface area contributed by atoms with Crippen molar-refractivity contribution in [2.24, 2.45) is 5.92 Å². The van der Waals surface area contributed by atoms with Gasteiger partial charge in [0.1, 0.15) is 0 Å². The van der Waals surface area contributed by atoms with Crippen molar-refractivity contribution in [1.82, 2.24) is 10.2 Å². The molecule has 2 heteroatoms. The monoisotopic (exact) mass is 180 g/mol. The van der Waals surface area contributed by atoms with Gasteiger partial charge in [-0.25, -0.2) is 0 Å². The minimum atomic E-state index is 0.812. The highest BCUT2D eigenvalue weighted by Crippen LogP contribution is 2.31. The summed E-state index contributed by atoms with van der Waals surface area (Å²) in [6, 6.07) is 0.812. The Kier molecular flexibility index (Phi) is 3.01. The molecule has 2 bridgehead atoms. The summed E-state index contributed by atoms with van der Waals surface area (Å²) in [5.41, 5.74) is 0. The van der Waals surface area contributed by atoms with Gasteiger partial charge in [-0.2, -0.15) is 0 Å². The summed E-state index contributed by atoms with van der Waals surface area (Å²) in [6.45, 7) is 8.50. The molecule has 1 N–H and O–H groups in total. The smallest absolute Gasteiger partial charge is 0.0223 e. The molecule has 3 fully saturated rings. The summed E-state index contributed by atoms with van der Waals surface area (Å²) >= 11 is 0. The molecule has 3 saturated heterocycles. The van der Waals surface area contributed by atoms with Crippen LogP contribution in [0.3, 0.4) is 0 Å². The maximum absolute atomic E-state index is 3.72. The molecule has 0 aromatic rings. The zero-order chi connectivity index (χ0) is 9.10. The van der Waals surface area contributed by atoms with Crippen molar-refractivity contribution < 1.29 is 0 Å². The molecular weight excluding hydrogens is 160 g/mol. The fourth-order valence-electron chi connectivity index (χ4n) is 2.65. The molecule has 0 aliphatic carbocycles. The molecule has 0 aromatic carbocycles. The van der Waals surface area contributed by atoms with Crippen molar-refractivity contribution in [2.45, 2.75) is 25.3 Å². The van der Waals surface area contributed by atoms with Gasteiger partial charge in [0.05, 0.1) is 0 Å². The second-order valence-corrected chi connectivity index (χ2v) is 4.32. The van der Waals surface area contributed by atoms with Crippen molar-refractivity contribution in [3.05, 3.63) is 12.7 Å². The van der Waals surface area contributed by atoms with Crippen LogP contribution in [0, 0.1) is 5.92 Å². The van der Waals surface area contributed by atoms with E-state index >= 15 is 0 Å². The third kappa shape index (κ3) is 2.12. The number of piperidine rings is 3. The van der Waals surface area contributed by atoms with E-state index in [0.29, 0.717) is 0 Å². The van der Waals surface area contributed by atoms with E-state index in [1.165, 1.54) is 32.4 Å². The zero-order valence-corrected chi connectivity index (χ0v) is 8.34. The molecule has 0 radical (unpaired) electrons. The number of rotatable bonds is 4. The van der Waals surface area contributed by atoms with Gasteiger partial charge in [-0.3, -0.25) is 4.90 Å². The SMILES string of the molecule is C=CCNCC1CC2CCN1CC2. The van der Waals surface area contributed by atoms with Crippen LogP contribution in [0.1, 0.15) is 19.3 Å². The summed E-state index contributed by atoms with van der Waals surface area (Å²) in [5, 5.41) is 3.43. The highest BCUT2D eigenvalue weighted by atomic mass is 15.2. The zero-order valence-electron chi connectivity index (χ0n) is 8.34. The molecule has 0 aromatic heterocycles. The fourth-order valence-corrected chi connectivity index (χ4v) is 2.65. The Balaban J connectivity index is 1.76. The van der Waals surface area contributed by atoms with Crippen LogP contribution < -0.4 is 5.32 Å². The Bertz CT molecular complexity index is 171. The van der Waals surface area contributed by atoms with Crippen LogP contribution in [0.2, 0.25) is 0 Å². The molecule has 0 amide bonds. The van der Waals surface area contributed by atoms with Gasteiger partial charge in [-0.1, -0.05) is 6.08 Å². The lowest BCUT2D eigenvalue weighted by Gasteiger charge is -2.45. The normalized spacial score (nSPS) is 37.7. The molecule has 3 aliphatic rings. The van der Waals surface area contributed by atoms with Gasteiger partial charge < -0.3 is 5.32 Å². The molecule has 3 heterocycles. The first kappa shape index (κ1) is 9.22. The average Bonchev–Trinajstić information content (AvgIpc) is 2.20. The summed E-state index contributed by atoms with van der Waals surface area (Å²) < 4.78 is 0. The van der Waals surface area contributed by atoms with E-state index in [2.05, 4.69) is 16.8 Å². The maximum atomic E-state index is 3.72. The summed E-state index contributed by atoms with van der Waals surface area (Å²) in [4.78, 5) is 2.65. The Hall–Kier alpha value is -0.340. The number of hydrogen-bond donors (Lipinski definition) is 1. The molecule has 1 unspecified atom stereocenters. The quantitative estimate of drug-likeness (QED) is 0.517. The van der Waals surface area contributed by atoms with Gasteiger partial charge in [0.25, 0.3) is 0 Å². The van der Waals surface area contributed by atoms with Gasteiger partial charge in [0.15, 0.2) is 0 Å². The molecule has 3 rings (SSSR count). The molecule has 0 spiro atoms. The predicted molar refractivity (Wildman–Crippen MR) is 55.8 cm³/mol. The molecule has 0 saturated carbocycles. The predicted octanol–water partition coefficient (Wildman–Crippen LogP) is 1.25. The highest BCUT2D eigenvalue weighted by Gasteiger charge is 2.32. The lowest BCUT2D eigenvalue weighted by atomic mass is 9.83. The molecule has 13 heavy (non-hydrogen) atoms. The van der Waals surface area contributed by atoms with E-state index in [-0.39, 0.29) is 0 Å². The van der Waals surface area contributed by atoms with Gasteiger partial charge in [-0.15, -0.1) is 6.58 Å². The van der Waals surface area contributed by atoms with Crippen molar-refractivity contribution >= 4 is 0 Å². The van der Waals surface area contributed by atoms with Crippen LogP contribution in [0.5, 0.6) is 0 Å². The van der Waals surface area contributed by atoms with Crippen molar-refractivity contribution in [3.63, 3.8) is 0 Å². The second-order valence-electron chi connectivity index (χ2n) is 4.32. The van der Waals surface area contributed by atoms with Crippen LogP contribution in [-0.2, 0) is 0 Å². The highest BCUT2D eigenvalue weighted by molar-refractivity contribution is 4.89. The minimum absolute atomic E-state index is 0.812.